The van der Waals surface area contributed by atoms with Gasteiger partial charge in [-0.2, -0.15) is 0 Å². The van der Waals surface area contributed by atoms with E-state index in [9.17, 15) is 4.79 Å². The van der Waals surface area contributed by atoms with Crippen molar-refractivity contribution in [1.82, 2.24) is 10.3 Å². The van der Waals surface area contributed by atoms with E-state index in [0.29, 0.717) is 23.1 Å². The summed E-state index contributed by atoms with van der Waals surface area (Å²) in [5.41, 5.74) is 1.77. The van der Waals surface area contributed by atoms with Crippen LogP contribution in [-0.2, 0) is 11.3 Å². The molecule has 7 heteroatoms. The zero-order valence-corrected chi connectivity index (χ0v) is 17.0. The number of para-hydroxylation sites is 2. The van der Waals surface area contributed by atoms with Crippen molar-refractivity contribution in [3.63, 3.8) is 0 Å². The first-order chi connectivity index (χ1) is 13.5. The number of carbonyl (C=O) groups excluding carboxylic acids is 1. The highest BCUT2D eigenvalue weighted by molar-refractivity contribution is 7.15. The van der Waals surface area contributed by atoms with Crippen molar-refractivity contribution in [3.05, 3.63) is 64.1 Å². The van der Waals surface area contributed by atoms with Crippen LogP contribution >= 0.6 is 22.9 Å². The molecule has 144 valence electrons. The molecule has 5 nitrogen and oxygen atoms in total. The van der Waals surface area contributed by atoms with Gasteiger partial charge in [0.25, 0.3) is 5.91 Å². The Morgan fingerprint density at radius 1 is 1.14 bits per heavy atom. The van der Waals surface area contributed by atoms with Crippen LogP contribution in [0.25, 0.3) is 10.6 Å². The van der Waals surface area contributed by atoms with Gasteiger partial charge >= 0.3 is 0 Å². The van der Waals surface area contributed by atoms with Crippen LogP contribution in [0.4, 0.5) is 0 Å². The van der Waals surface area contributed by atoms with Crippen molar-refractivity contribution in [2.24, 2.45) is 0 Å². The molecule has 2 atom stereocenters. The van der Waals surface area contributed by atoms with Crippen LogP contribution in [0.5, 0.6) is 11.5 Å². The number of benzene rings is 2. The average Bonchev–Trinajstić information content (AvgIpc) is 3.06. The van der Waals surface area contributed by atoms with Crippen LogP contribution in [0.15, 0.2) is 48.5 Å². The van der Waals surface area contributed by atoms with Crippen molar-refractivity contribution in [1.29, 1.82) is 0 Å². The number of aromatic nitrogens is 1. The fraction of sp³-hybridized carbons (Fsp3) is 0.238. The summed E-state index contributed by atoms with van der Waals surface area (Å²) in [5, 5.41) is 4.44. The third-order valence-corrected chi connectivity index (χ3v) is 6.04. The van der Waals surface area contributed by atoms with E-state index < -0.39 is 6.10 Å². The molecule has 0 saturated heterocycles. The van der Waals surface area contributed by atoms with Gasteiger partial charge in [-0.3, -0.25) is 4.79 Å². The van der Waals surface area contributed by atoms with E-state index >= 15 is 0 Å². The molecule has 0 bridgehead atoms. The molecule has 1 aliphatic heterocycles. The molecular weight excluding hydrogens is 396 g/mol. The normalized spacial score (nSPS) is 18.0. The number of amides is 1. The van der Waals surface area contributed by atoms with Crippen LogP contribution in [0.3, 0.4) is 0 Å². The van der Waals surface area contributed by atoms with Crippen molar-refractivity contribution in [3.8, 4) is 22.1 Å². The summed E-state index contributed by atoms with van der Waals surface area (Å²) in [5.74, 6) is 1.02. The molecule has 1 aliphatic rings. The van der Waals surface area contributed by atoms with Gasteiger partial charge in [0, 0.05) is 10.4 Å². The highest BCUT2D eigenvalue weighted by Crippen LogP contribution is 2.34. The van der Waals surface area contributed by atoms with E-state index in [-0.39, 0.29) is 12.0 Å². The molecule has 1 N–H and O–H groups in total. The molecule has 1 aromatic heterocycles. The number of hydrogen-bond donors (Lipinski definition) is 1. The summed E-state index contributed by atoms with van der Waals surface area (Å²) in [4.78, 5) is 18.3. The summed E-state index contributed by atoms with van der Waals surface area (Å²) in [7, 11) is 0. The van der Waals surface area contributed by atoms with Crippen LogP contribution in [0, 0.1) is 6.92 Å². The molecule has 0 spiro atoms. The fourth-order valence-corrected chi connectivity index (χ4v) is 4.34. The summed E-state index contributed by atoms with van der Waals surface area (Å²) >= 11 is 7.80. The lowest BCUT2D eigenvalue weighted by Crippen LogP contribution is -2.48. The first kappa shape index (κ1) is 18.8. The number of ether oxygens (including phenoxy) is 2. The fourth-order valence-electron chi connectivity index (χ4n) is 3.02. The lowest BCUT2D eigenvalue weighted by Gasteiger charge is -2.30. The largest absolute Gasteiger partial charge is 0.482 e. The van der Waals surface area contributed by atoms with E-state index in [2.05, 4.69) is 10.3 Å². The molecule has 1 amide bonds. The number of halogens is 1. The van der Waals surface area contributed by atoms with Crippen LogP contribution < -0.4 is 14.8 Å². The minimum atomic E-state index is -0.703. The van der Waals surface area contributed by atoms with Crippen molar-refractivity contribution >= 4 is 28.8 Å². The Bertz CT molecular complexity index is 1020. The summed E-state index contributed by atoms with van der Waals surface area (Å²) < 4.78 is 11.7. The predicted molar refractivity (Wildman–Crippen MR) is 110 cm³/mol. The number of fused-ring (bicyclic) bond motifs is 1. The maximum absolute atomic E-state index is 12.7. The van der Waals surface area contributed by atoms with Crippen LogP contribution in [0.2, 0.25) is 5.02 Å². The standard InChI is InChI=1S/C21H19ClN2O3S/c1-12-18(28-21(24-12)14-7-3-4-8-15(14)22)11-23-20(25)19-13(2)26-16-9-5-6-10-17(16)27-19/h3-10,13,19H,11H2,1-2H3,(H,23,25)/t13-,19-/m0/s1. The van der Waals surface area contributed by atoms with Crippen molar-refractivity contribution in [2.75, 3.05) is 0 Å². The smallest absolute Gasteiger partial charge is 0.265 e. The van der Waals surface area contributed by atoms with E-state index in [4.69, 9.17) is 21.1 Å². The maximum Gasteiger partial charge on any atom is 0.265 e. The summed E-state index contributed by atoms with van der Waals surface area (Å²) in [6.07, 6.45) is -1.08. The molecule has 3 aromatic rings. The van der Waals surface area contributed by atoms with E-state index in [1.54, 1.807) is 6.07 Å². The SMILES string of the molecule is Cc1nc(-c2ccccc2Cl)sc1CNC(=O)[C@H]1Oc2ccccc2O[C@H]1C. The molecule has 0 aliphatic carbocycles. The first-order valence-corrected chi connectivity index (χ1v) is 10.1. The number of nitrogens with one attached hydrogen (secondary N) is 1. The number of nitrogens with zero attached hydrogens (tertiary/aromatic N) is 1. The lowest BCUT2D eigenvalue weighted by atomic mass is 10.1. The molecule has 2 aromatic carbocycles. The third-order valence-electron chi connectivity index (χ3n) is 4.52. The molecule has 0 radical (unpaired) electrons. The molecule has 28 heavy (non-hydrogen) atoms. The predicted octanol–water partition coefficient (Wildman–Crippen LogP) is 4.62. The Hall–Kier alpha value is -2.57. The van der Waals surface area contributed by atoms with Crippen molar-refractivity contribution in [2.45, 2.75) is 32.6 Å². The second-order valence-corrected chi connectivity index (χ2v) is 8.02. The van der Waals surface area contributed by atoms with E-state index in [0.717, 1.165) is 21.1 Å². The molecule has 4 rings (SSSR count). The molecule has 0 fully saturated rings. The quantitative estimate of drug-likeness (QED) is 0.676. The zero-order chi connectivity index (χ0) is 19.7. The van der Waals surface area contributed by atoms with Gasteiger partial charge in [0.05, 0.1) is 17.3 Å². The Morgan fingerprint density at radius 2 is 1.82 bits per heavy atom. The van der Waals surface area contributed by atoms with E-state index in [1.165, 1.54) is 11.3 Å². The minimum absolute atomic E-state index is 0.214. The van der Waals surface area contributed by atoms with Gasteiger partial charge in [-0.25, -0.2) is 4.98 Å². The maximum atomic E-state index is 12.7. The number of hydrogen-bond acceptors (Lipinski definition) is 5. The van der Waals surface area contributed by atoms with Gasteiger partial charge in [-0.05, 0) is 32.0 Å². The van der Waals surface area contributed by atoms with Gasteiger partial charge in [0.2, 0.25) is 6.10 Å². The van der Waals surface area contributed by atoms with Crippen LogP contribution in [0.1, 0.15) is 17.5 Å². The van der Waals surface area contributed by atoms with Crippen LogP contribution in [-0.4, -0.2) is 23.1 Å². The topological polar surface area (TPSA) is 60.5 Å². The highest BCUT2D eigenvalue weighted by Gasteiger charge is 2.34. The Labute approximate surface area is 172 Å². The summed E-state index contributed by atoms with van der Waals surface area (Å²) in [6.45, 7) is 4.13. The molecule has 2 heterocycles. The summed E-state index contributed by atoms with van der Waals surface area (Å²) in [6, 6.07) is 15.0. The van der Waals surface area contributed by atoms with Gasteiger partial charge in [0.1, 0.15) is 11.1 Å². The Morgan fingerprint density at radius 3 is 2.57 bits per heavy atom. The lowest BCUT2D eigenvalue weighted by molar-refractivity contribution is -0.133. The number of rotatable bonds is 4. The van der Waals surface area contributed by atoms with Crippen molar-refractivity contribution < 1.29 is 14.3 Å². The monoisotopic (exact) mass is 414 g/mol. The highest BCUT2D eigenvalue weighted by atomic mass is 35.5. The number of thiazole rings is 1. The van der Waals surface area contributed by atoms with Gasteiger partial charge < -0.3 is 14.8 Å². The van der Waals surface area contributed by atoms with Gasteiger partial charge in [-0.15, -0.1) is 11.3 Å². The Kier molecular flexibility index (Phi) is 5.24. The molecule has 0 unspecified atom stereocenters. The third kappa shape index (κ3) is 3.70. The Balaban J connectivity index is 1.45. The second kappa shape index (κ2) is 7.81. The number of carbonyl (C=O) groups is 1. The minimum Gasteiger partial charge on any atom is -0.482 e. The second-order valence-electron chi connectivity index (χ2n) is 6.53. The van der Waals surface area contributed by atoms with E-state index in [1.807, 2.05) is 56.3 Å². The van der Waals surface area contributed by atoms with Gasteiger partial charge in [-0.1, -0.05) is 41.9 Å². The first-order valence-electron chi connectivity index (χ1n) is 8.94. The zero-order valence-electron chi connectivity index (χ0n) is 15.4. The molecular formula is C21H19ClN2O3S. The average molecular weight is 415 g/mol. The van der Waals surface area contributed by atoms with Gasteiger partial charge in [0.15, 0.2) is 11.5 Å². The molecule has 0 saturated carbocycles. The number of aryl methyl sites for hydroxylation is 1.